The molecule has 0 fully saturated rings. The molecule has 152 valence electrons. The summed E-state index contributed by atoms with van der Waals surface area (Å²) < 4.78 is 11.6. The minimum Gasteiger partial charge on any atom is -0.508 e. The summed E-state index contributed by atoms with van der Waals surface area (Å²) in [6.45, 7) is 1.34. The molecule has 3 aromatic rings. The number of rotatable bonds is 4. The first-order valence-electron chi connectivity index (χ1n) is 9.38. The zero-order valence-corrected chi connectivity index (χ0v) is 15.9. The van der Waals surface area contributed by atoms with Gasteiger partial charge in [0.25, 0.3) is 0 Å². The van der Waals surface area contributed by atoms with Crippen LogP contribution in [-0.4, -0.2) is 32.1 Å². The topological polar surface area (TPSA) is 120 Å². The third-order valence-electron chi connectivity index (χ3n) is 5.53. The molecule has 4 N–H and O–H groups in total. The summed E-state index contributed by atoms with van der Waals surface area (Å²) >= 11 is 0. The van der Waals surface area contributed by atoms with Gasteiger partial charge < -0.3 is 29.6 Å². The fraction of sp³-hybridized carbons (Fsp3) is 0.318. The van der Waals surface area contributed by atoms with Gasteiger partial charge in [-0.15, -0.1) is 0 Å². The number of aryl methyl sites for hydroxylation is 1. The van der Waals surface area contributed by atoms with Crippen LogP contribution in [0.25, 0.3) is 11.0 Å². The number of aliphatic hydroxyl groups excluding tert-OH is 2. The van der Waals surface area contributed by atoms with E-state index in [1.54, 1.807) is 25.1 Å². The Kier molecular flexibility index (Phi) is 4.72. The summed E-state index contributed by atoms with van der Waals surface area (Å²) in [5, 5.41) is 40.3. The molecule has 4 rings (SSSR count). The lowest BCUT2D eigenvalue weighted by atomic mass is 9.84. The molecular weight excluding hydrogens is 376 g/mol. The highest BCUT2D eigenvalue weighted by molar-refractivity contribution is 5.87. The summed E-state index contributed by atoms with van der Waals surface area (Å²) in [7, 11) is 0. The van der Waals surface area contributed by atoms with Crippen LogP contribution in [0.4, 0.5) is 0 Å². The highest BCUT2D eigenvalue weighted by Gasteiger charge is 2.41. The van der Waals surface area contributed by atoms with Gasteiger partial charge in [0.1, 0.15) is 46.2 Å². The van der Waals surface area contributed by atoms with Crippen molar-refractivity contribution in [2.45, 2.75) is 44.5 Å². The summed E-state index contributed by atoms with van der Waals surface area (Å²) in [5.41, 5.74) is -0.0310. The minimum atomic E-state index is -0.937. The Labute approximate surface area is 166 Å². The second-order valence-corrected chi connectivity index (χ2v) is 7.61. The van der Waals surface area contributed by atoms with Crippen molar-refractivity contribution in [3.63, 3.8) is 0 Å². The standard InChI is InChI=1S/C22H22O7/c1-22(6-5-12-3-2-4-13(24)7-12)19(26)9-15-17(29-22)10-18-20(21(15)27)16(25)8-14(11-23)28-18/h2-4,7-8,10,19,23-24,26-27H,5-6,9,11H2,1H3. The number of ether oxygens (including phenoxy) is 1. The van der Waals surface area contributed by atoms with Crippen LogP contribution < -0.4 is 10.2 Å². The van der Waals surface area contributed by atoms with Gasteiger partial charge in [-0.05, 0) is 37.5 Å². The van der Waals surface area contributed by atoms with E-state index in [4.69, 9.17) is 9.15 Å². The Morgan fingerprint density at radius 1 is 1.21 bits per heavy atom. The first-order chi connectivity index (χ1) is 13.8. The van der Waals surface area contributed by atoms with E-state index in [2.05, 4.69) is 0 Å². The number of phenols is 2. The quantitative estimate of drug-likeness (QED) is 0.532. The van der Waals surface area contributed by atoms with Crippen molar-refractivity contribution in [3.05, 3.63) is 63.5 Å². The van der Waals surface area contributed by atoms with Crippen molar-refractivity contribution in [1.82, 2.24) is 0 Å². The lowest BCUT2D eigenvalue weighted by molar-refractivity contribution is -0.0595. The van der Waals surface area contributed by atoms with Crippen LogP contribution in [0.15, 0.2) is 45.6 Å². The van der Waals surface area contributed by atoms with Crippen LogP contribution in [0.3, 0.4) is 0 Å². The van der Waals surface area contributed by atoms with Crippen molar-refractivity contribution in [2.75, 3.05) is 0 Å². The van der Waals surface area contributed by atoms with Crippen molar-refractivity contribution in [1.29, 1.82) is 0 Å². The highest BCUT2D eigenvalue weighted by Crippen LogP contribution is 2.43. The van der Waals surface area contributed by atoms with E-state index in [1.807, 2.05) is 6.07 Å². The zero-order chi connectivity index (χ0) is 20.8. The first-order valence-corrected chi connectivity index (χ1v) is 9.38. The van der Waals surface area contributed by atoms with Gasteiger partial charge in [-0.2, -0.15) is 0 Å². The van der Waals surface area contributed by atoms with Crippen LogP contribution in [-0.2, 0) is 19.4 Å². The van der Waals surface area contributed by atoms with E-state index in [9.17, 15) is 25.2 Å². The number of hydrogen-bond acceptors (Lipinski definition) is 7. The summed E-state index contributed by atoms with van der Waals surface area (Å²) in [5.74, 6) is 0.320. The average Bonchev–Trinajstić information content (AvgIpc) is 2.68. The second-order valence-electron chi connectivity index (χ2n) is 7.61. The molecule has 1 aromatic heterocycles. The van der Waals surface area contributed by atoms with E-state index in [-0.39, 0.29) is 34.6 Å². The fourth-order valence-electron chi connectivity index (χ4n) is 3.79. The van der Waals surface area contributed by atoms with Crippen molar-refractivity contribution in [2.24, 2.45) is 0 Å². The molecule has 2 atom stereocenters. The predicted molar refractivity (Wildman–Crippen MR) is 105 cm³/mol. The first kappa shape index (κ1) is 19.3. The molecule has 0 saturated heterocycles. The molecule has 2 aromatic carbocycles. The predicted octanol–water partition coefficient (Wildman–Crippen LogP) is 2.38. The lowest BCUT2D eigenvalue weighted by Crippen LogP contribution is -2.49. The SMILES string of the molecule is CC1(CCc2cccc(O)c2)Oc2cc3oc(CO)cc(=O)c3c(O)c2CC1O. The second kappa shape index (κ2) is 7.09. The maximum absolute atomic E-state index is 12.3. The maximum Gasteiger partial charge on any atom is 0.196 e. The summed E-state index contributed by atoms with van der Waals surface area (Å²) in [6, 6.07) is 9.55. The van der Waals surface area contributed by atoms with E-state index in [0.29, 0.717) is 24.2 Å². The molecule has 0 aliphatic carbocycles. The molecule has 0 amide bonds. The van der Waals surface area contributed by atoms with Crippen molar-refractivity contribution in [3.8, 4) is 17.2 Å². The number of benzene rings is 2. The fourth-order valence-corrected chi connectivity index (χ4v) is 3.79. The highest BCUT2D eigenvalue weighted by atomic mass is 16.5. The van der Waals surface area contributed by atoms with E-state index in [1.165, 1.54) is 6.07 Å². The van der Waals surface area contributed by atoms with Gasteiger partial charge in [0, 0.05) is 24.1 Å². The molecule has 2 heterocycles. The molecule has 0 radical (unpaired) electrons. The molecule has 7 nitrogen and oxygen atoms in total. The summed E-state index contributed by atoms with van der Waals surface area (Å²) in [4.78, 5) is 12.3. The van der Waals surface area contributed by atoms with Crippen molar-refractivity contribution >= 4 is 11.0 Å². The van der Waals surface area contributed by atoms with Gasteiger partial charge in [0.15, 0.2) is 5.43 Å². The molecule has 1 aliphatic rings. The number of aliphatic hydroxyl groups is 2. The minimum absolute atomic E-state index is 0.000105. The largest absolute Gasteiger partial charge is 0.508 e. The maximum atomic E-state index is 12.3. The normalized spacial score (nSPS) is 21.0. The van der Waals surface area contributed by atoms with Gasteiger partial charge >= 0.3 is 0 Å². The molecule has 2 unspecified atom stereocenters. The van der Waals surface area contributed by atoms with Gasteiger partial charge in [-0.25, -0.2) is 0 Å². The number of aromatic hydroxyl groups is 2. The molecule has 0 bridgehead atoms. The molecule has 0 saturated carbocycles. The van der Waals surface area contributed by atoms with E-state index < -0.39 is 23.7 Å². The Bertz CT molecular complexity index is 1130. The molecule has 1 aliphatic heterocycles. The van der Waals surface area contributed by atoms with Crippen LogP contribution in [0, 0.1) is 0 Å². The van der Waals surface area contributed by atoms with Crippen LogP contribution in [0.5, 0.6) is 17.2 Å². The molecule has 29 heavy (non-hydrogen) atoms. The third-order valence-corrected chi connectivity index (χ3v) is 5.53. The van der Waals surface area contributed by atoms with Gasteiger partial charge in [-0.3, -0.25) is 4.79 Å². The number of phenolic OH excluding ortho intramolecular Hbond substituents is 2. The Morgan fingerprint density at radius 2 is 2.00 bits per heavy atom. The van der Waals surface area contributed by atoms with Gasteiger partial charge in [0.2, 0.25) is 0 Å². The third kappa shape index (κ3) is 3.43. The molecular formula is C22H22O7. The van der Waals surface area contributed by atoms with E-state index in [0.717, 1.165) is 11.6 Å². The van der Waals surface area contributed by atoms with Crippen molar-refractivity contribution < 1.29 is 29.6 Å². The zero-order valence-electron chi connectivity index (χ0n) is 15.9. The number of hydrogen-bond donors (Lipinski definition) is 4. The Balaban J connectivity index is 1.70. The monoisotopic (exact) mass is 398 g/mol. The molecule has 0 spiro atoms. The Hall–Kier alpha value is -3.03. The van der Waals surface area contributed by atoms with Gasteiger partial charge in [0.05, 0.1) is 6.10 Å². The number of fused-ring (bicyclic) bond motifs is 2. The van der Waals surface area contributed by atoms with E-state index >= 15 is 0 Å². The van der Waals surface area contributed by atoms with Gasteiger partial charge in [-0.1, -0.05) is 12.1 Å². The van der Waals surface area contributed by atoms with Crippen LogP contribution in [0.1, 0.15) is 30.2 Å². The van der Waals surface area contributed by atoms with Crippen LogP contribution >= 0.6 is 0 Å². The smallest absolute Gasteiger partial charge is 0.196 e. The average molecular weight is 398 g/mol. The summed E-state index contributed by atoms with van der Waals surface area (Å²) in [6.07, 6.45) is 0.255. The Morgan fingerprint density at radius 3 is 2.72 bits per heavy atom. The molecule has 7 heteroatoms. The lowest BCUT2D eigenvalue weighted by Gasteiger charge is -2.40. The van der Waals surface area contributed by atoms with Crippen LogP contribution in [0.2, 0.25) is 0 Å².